The van der Waals surface area contributed by atoms with E-state index in [0.29, 0.717) is 13.1 Å². The standard InChI is InChI=1S/C17H21N3O3S/c1-4-20(12(3)21)17-19-14(9-24-17)8-18-11(2)13-5-6-15-16(7-13)23-10-22-15/h5-7,9,11,18H,4,8,10H2,1-3H3. The van der Waals surface area contributed by atoms with Crippen LogP contribution in [0.3, 0.4) is 0 Å². The Morgan fingerprint density at radius 1 is 1.42 bits per heavy atom. The molecule has 0 saturated heterocycles. The minimum Gasteiger partial charge on any atom is -0.454 e. The minimum absolute atomic E-state index is 0.0140. The van der Waals surface area contributed by atoms with E-state index in [9.17, 15) is 4.79 Å². The van der Waals surface area contributed by atoms with Gasteiger partial charge in [0.2, 0.25) is 12.7 Å². The van der Waals surface area contributed by atoms with Crippen LogP contribution < -0.4 is 19.7 Å². The lowest BCUT2D eigenvalue weighted by Crippen LogP contribution is -2.27. The van der Waals surface area contributed by atoms with Gasteiger partial charge in [-0.2, -0.15) is 0 Å². The average Bonchev–Trinajstić information content (AvgIpc) is 3.21. The molecule has 1 atom stereocenters. The lowest BCUT2D eigenvalue weighted by atomic mass is 10.1. The SMILES string of the molecule is CCN(C(C)=O)c1nc(CNC(C)c2ccc3c(c2)OCO3)cs1. The number of benzene rings is 1. The summed E-state index contributed by atoms with van der Waals surface area (Å²) in [6.45, 7) is 7.16. The molecule has 0 fully saturated rings. The van der Waals surface area contributed by atoms with E-state index in [1.165, 1.54) is 11.3 Å². The third-order valence-corrected chi connectivity index (χ3v) is 4.87. The zero-order valence-electron chi connectivity index (χ0n) is 14.0. The molecule has 2 aromatic rings. The Morgan fingerprint density at radius 2 is 2.21 bits per heavy atom. The van der Waals surface area contributed by atoms with Crippen LogP contribution in [0.5, 0.6) is 11.5 Å². The number of fused-ring (bicyclic) bond motifs is 1. The number of aromatic nitrogens is 1. The van der Waals surface area contributed by atoms with Crippen molar-refractivity contribution >= 4 is 22.4 Å². The molecule has 0 aliphatic carbocycles. The summed E-state index contributed by atoms with van der Waals surface area (Å²) >= 11 is 1.49. The molecule has 7 heteroatoms. The van der Waals surface area contributed by atoms with Gasteiger partial charge in [-0.05, 0) is 31.5 Å². The molecule has 0 radical (unpaired) electrons. The number of anilines is 1. The summed E-state index contributed by atoms with van der Waals surface area (Å²) in [5.74, 6) is 1.59. The van der Waals surface area contributed by atoms with Crippen molar-refractivity contribution in [3.8, 4) is 11.5 Å². The lowest BCUT2D eigenvalue weighted by molar-refractivity contribution is -0.116. The Morgan fingerprint density at radius 3 is 2.96 bits per heavy atom. The van der Waals surface area contributed by atoms with Crippen LogP contribution in [-0.2, 0) is 11.3 Å². The Hall–Kier alpha value is -2.12. The van der Waals surface area contributed by atoms with Crippen LogP contribution in [0.1, 0.15) is 38.1 Å². The van der Waals surface area contributed by atoms with Crippen LogP contribution in [0.15, 0.2) is 23.6 Å². The van der Waals surface area contributed by atoms with Crippen molar-refractivity contribution in [3.63, 3.8) is 0 Å². The molecule has 1 aromatic carbocycles. The van der Waals surface area contributed by atoms with E-state index in [0.717, 1.165) is 27.9 Å². The van der Waals surface area contributed by atoms with Crippen LogP contribution in [0.4, 0.5) is 5.13 Å². The van der Waals surface area contributed by atoms with Gasteiger partial charge in [-0.25, -0.2) is 4.98 Å². The van der Waals surface area contributed by atoms with E-state index in [4.69, 9.17) is 9.47 Å². The maximum absolute atomic E-state index is 11.6. The molecule has 1 aromatic heterocycles. The van der Waals surface area contributed by atoms with E-state index in [1.807, 2.05) is 30.5 Å². The highest BCUT2D eigenvalue weighted by atomic mass is 32.1. The fraction of sp³-hybridized carbons (Fsp3) is 0.412. The molecule has 128 valence electrons. The first kappa shape index (κ1) is 16.7. The first-order valence-electron chi connectivity index (χ1n) is 7.94. The predicted octanol–water partition coefficient (Wildman–Crippen LogP) is 3.10. The Balaban J connectivity index is 1.61. The summed E-state index contributed by atoms with van der Waals surface area (Å²) in [6.07, 6.45) is 0. The maximum Gasteiger partial charge on any atom is 0.231 e. The molecule has 1 amide bonds. The highest BCUT2D eigenvalue weighted by Gasteiger charge is 2.16. The molecule has 0 saturated carbocycles. The van der Waals surface area contributed by atoms with Crippen molar-refractivity contribution < 1.29 is 14.3 Å². The molecule has 6 nitrogen and oxygen atoms in total. The molecular formula is C17H21N3O3S. The van der Waals surface area contributed by atoms with Crippen LogP contribution in [0.25, 0.3) is 0 Å². The van der Waals surface area contributed by atoms with E-state index >= 15 is 0 Å². The van der Waals surface area contributed by atoms with Crippen molar-refractivity contribution in [3.05, 3.63) is 34.8 Å². The summed E-state index contributed by atoms with van der Waals surface area (Å²) in [6, 6.07) is 6.12. The second-order valence-corrected chi connectivity index (χ2v) is 6.44. The van der Waals surface area contributed by atoms with Gasteiger partial charge in [-0.3, -0.25) is 9.69 Å². The van der Waals surface area contributed by atoms with Gasteiger partial charge >= 0.3 is 0 Å². The Kier molecular flexibility index (Phi) is 5.01. The van der Waals surface area contributed by atoms with Crippen LogP contribution in [-0.4, -0.2) is 24.2 Å². The fourth-order valence-corrected chi connectivity index (χ4v) is 3.48. The zero-order valence-corrected chi connectivity index (χ0v) is 14.9. The monoisotopic (exact) mass is 347 g/mol. The first-order chi connectivity index (χ1) is 11.6. The molecule has 0 bridgehead atoms. The second-order valence-electron chi connectivity index (χ2n) is 5.60. The van der Waals surface area contributed by atoms with E-state index in [2.05, 4.69) is 17.2 Å². The number of nitrogens with one attached hydrogen (secondary N) is 1. The molecule has 24 heavy (non-hydrogen) atoms. The smallest absolute Gasteiger partial charge is 0.231 e. The fourth-order valence-electron chi connectivity index (χ4n) is 2.55. The van der Waals surface area contributed by atoms with Gasteiger partial charge in [0, 0.05) is 31.4 Å². The normalized spacial score (nSPS) is 13.8. The summed E-state index contributed by atoms with van der Waals surface area (Å²) < 4.78 is 10.8. The van der Waals surface area contributed by atoms with Gasteiger partial charge in [0.15, 0.2) is 16.6 Å². The molecule has 1 unspecified atom stereocenters. The second kappa shape index (κ2) is 7.19. The summed E-state index contributed by atoms with van der Waals surface area (Å²) in [5, 5.41) is 6.18. The van der Waals surface area contributed by atoms with E-state index in [-0.39, 0.29) is 18.7 Å². The summed E-state index contributed by atoms with van der Waals surface area (Å²) in [4.78, 5) is 17.8. The van der Waals surface area contributed by atoms with Crippen LogP contribution in [0.2, 0.25) is 0 Å². The Labute approximate surface area is 145 Å². The lowest BCUT2D eigenvalue weighted by Gasteiger charge is -2.15. The van der Waals surface area contributed by atoms with Crippen molar-refractivity contribution in [2.75, 3.05) is 18.2 Å². The number of amides is 1. The van der Waals surface area contributed by atoms with Crippen LogP contribution in [0, 0.1) is 0 Å². The zero-order chi connectivity index (χ0) is 17.1. The highest BCUT2D eigenvalue weighted by molar-refractivity contribution is 7.14. The quantitative estimate of drug-likeness (QED) is 0.870. The van der Waals surface area contributed by atoms with Crippen LogP contribution >= 0.6 is 11.3 Å². The van der Waals surface area contributed by atoms with Gasteiger partial charge in [0.25, 0.3) is 0 Å². The molecule has 3 rings (SSSR count). The topological polar surface area (TPSA) is 63.7 Å². The predicted molar refractivity (Wildman–Crippen MR) is 93.6 cm³/mol. The van der Waals surface area contributed by atoms with Crippen molar-refractivity contribution in [1.82, 2.24) is 10.3 Å². The maximum atomic E-state index is 11.6. The van der Waals surface area contributed by atoms with E-state index in [1.54, 1.807) is 11.8 Å². The summed E-state index contributed by atoms with van der Waals surface area (Å²) in [5.41, 5.74) is 2.07. The highest BCUT2D eigenvalue weighted by Crippen LogP contribution is 2.34. The van der Waals surface area contributed by atoms with Gasteiger partial charge in [-0.1, -0.05) is 6.07 Å². The number of ether oxygens (including phenoxy) is 2. The largest absolute Gasteiger partial charge is 0.454 e. The molecule has 1 N–H and O–H groups in total. The van der Waals surface area contributed by atoms with E-state index < -0.39 is 0 Å². The van der Waals surface area contributed by atoms with Crippen molar-refractivity contribution in [1.29, 1.82) is 0 Å². The third-order valence-electron chi connectivity index (χ3n) is 3.95. The number of rotatable bonds is 6. The molecular weight excluding hydrogens is 326 g/mol. The molecule has 1 aliphatic heterocycles. The Bertz CT molecular complexity index is 732. The average molecular weight is 347 g/mol. The number of thiazole rings is 1. The molecule has 1 aliphatic rings. The third kappa shape index (κ3) is 3.52. The minimum atomic E-state index is 0.0140. The number of carbonyl (C=O) groups is 1. The number of carbonyl (C=O) groups excluding carboxylic acids is 1. The van der Waals surface area contributed by atoms with Gasteiger partial charge in [-0.15, -0.1) is 11.3 Å². The van der Waals surface area contributed by atoms with Crippen molar-refractivity contribution in [2.24, 2.45) is 0 Å². The number of nitrogens with zero attached hydrogens (tertiary/aromatic N) is 2. The number of hydrogen-bond acceptors (Lipinski definition) is 6. The van der Waals surface area contributed by atoms with Crippen molar-refractivity contribution in [2.45, 2.75) is 33.4 Å². The van der Waals surface area contributed by atoms with Gasteiger partial charge in [0.1, 0.15) is 0 Å². The molecule has 2 heterocycles. The number of hydrogen-bond donors (Lipinski definition) is 1. The molecule has 0 spiro atoms. The van der Waals surface area contributed by atoms with Gasteiger partial charge in [0.05, 0.1) is 5.69 Å². The van der Waals surface area contributed by atoms with Gasteiger partial charge < -0.3 is 14.8 Å². The first-order valence-corrected chi connectivity index (χ1v) is 8.82. The summed E-state index contributed by atoms with van der Waals surface area (Å²) in [7, 11) is 0.